The van der Waals surface area contributed by atoms with Crippen molar-refractivity contribution < 1.29 is 4.79 Å². The minimum absolute atomic E-state index is 0.0637. The first-order chi connectivity index (χ1) is 9.99. The summed E-state index contributed by atoms with van der Waals surface area (Å²) in [7, 11) is 0. The molecule has 1 amide bonds. The number of nitrogens with zero attached hydrogens (tertiary/aromatic N) is 1. The predicted octanol–water partition coefficient (Wildman–Crippen LogP) is 4.07. The van der Waals surface area contributed by atoms with E-state index >= 15 is 0 Å². The zero-order valence-electron chi connectivity index (χ0n) is 12.7. The zero-order valence-corrected chi connectivity index (χ0v) is 13.5. The summed E-state index contributed by atoms with van der Waals surface area (Å²) in [6.45, 7) is 5.99. The van der Waals surface area contributed by atoms with Crippen molar-refractivity contribution in [2.24, 2.45) is 0 Å². The molecule has 4 heteroatoms. The van der Waals surface area contributed by atoms with E-state index in [9.17, 15) is 4.79 Å². The Morgan fingerprint density at radius 2 is 2.10 bits per heavy atom. The summed E-state index contributed by atoms with van der Waals surface area (Å²) in [5.41, 5.74) is 2.08. The van der Waals surface area contributed by atoms with Gasteiger partial charge in [-0.1, -0.05) is 25.1 Å². The van der Waals surface area contributed by atoms with Gasteiger partial charge in [0.15, 0.2) is 0 Å². The second kappa shape index (κ2) is 6.44. The minimum atomic E-state index is -0.281. The molecule has 0 bridgehead atoms. The van der Waals surface area contributed by atoms with E-state index in [0.29, 0.717) is 11.4 Å². The highest BCUT2D eigenvalue weighted by Gasteiger charge is 2.25. The molecule has 1 unspecified atom stereocenters. The Morgan fingerprint density at radius 3 is 2.76 bits per heavy atom. The SMILES string of the molecule is CCC(C)(CCCl)NC(=O)c1cc(C)nc2ccccc12. The highest BCUT2D eigenvalue weighted by molar-refractivity contribution is 6.18. The minimum Gasteiger partial charge on any atom is -0.347 e. The van der Waals surface area contributed by atoms with Gasteiger partial charge >= 0.3 is 0 Å². The van der Waals surface area contributed by atoms with Crippen LogP contribution < -0.4 is 5.32 Å². The molecule has 0 aliphatic heterocycles. The number of benzene rings is 1. The summed E-state index contributed by atoms with van der Waals surface area (Å²) >= 11 is 5.85. The molecule has 21 heavy (non-hydrogen) atoms. The summed E-state index contributed by atoms with van der Waals surface area (Å²) in [5.74, 6) is 0.465. The van der Waals surface area contributed by atoms with Crippen molar-refractivity contribution in [3.05, 3.63) is 41.6 Å². The van der Waals surface area contributed by atoms with Crippen LogP contribution in [0.15, 0.2) is 30.3 Å². The van der Waals surface area contributed by atoms with Gasteiger partial charge in [-0.05, 0) is 38.8 Å². The summed E-state index contributed by atoms with van der Waals surface area (Å²) in [5, 5.41) is 4.01. The average molecular weight is 305 g/mol. The van der Waals surface area contributed by atoms with Gasteiger partial charge in [0.25, 0.3) is 5.91 Å². The molecule has 1 aromatic carbocycles. The number of aromatic nitrogens is 1. The fourth-order valence-electron chi connectivity index (χ4n) is 2.37. The summed E-state index contributed by atoms with van der Waals surface area (Å²) in [4.78, 5) is 17.1. The molecule has 1 N–H and O–H groups in total. The number of fused-ring (bicyclic) bond motifs is 1. The number of aryl methyl sites for hydroxylation is 1. The number of carbonyl (C=O) groups excluding carboxylic acids is 1. The topological polar surface area (TPSA) is 42.0 Å². The monoisotopic (exact) mass is 304 g/mol. The molecule has 2 aromatic rings. The third-order valence-electron chi connectivity index (χ3n) is 3.93. The average Bonchev–Trinajstić information content (AvgIpc) is 2.46. The molecule has 0 spiro atoms. The molecule has 0 radical (unpaired) electrons. The van der Waals surface area contributed by atoms with Crippen molar-refractivity contribution in [2.75, 3.05) is 5.88 Å². The largest absolute Gasteiger partial charge is 0.347 e. The van der Waals surface area contributed by atoms with E-state index < -0.39 is 0 Å². The molecule has 3 nitrogen and oxygen atoms in total. The maximum absolute atomic E-state index is 12.7. The highest BCUT2D eigenvalue weighted by Crippen LogP contribution is 2.21. The number of alkyl halides is 1. The maximum atomic E-state index is 12.7. The molecule has 0 saturated carbocycles. The molecular weight excluding hydrogens is 284 g/mol. The fraction of sp³-hybridized carbons (Fsp3) is 0.412. The number of carbonyl (C=O) groups is 1. The van der Waals surface area contributed by atoms with E-state index in [0.717, 1.165) is 29.4 Å². The van der Waals surface area contributed by atoms with E-state index in [2.05, 4.69) is 17.2 Å². The number of nitrogens with one attached hydrogen (secondary N) is 1. The van der Waals surface area contributed by atoms with E-state index in [-0.39, 0.29) is 11.4 Å². The van der Waals surface area contributed by atoms with Gasteiger partial charge in [-0.3, -0.25) is 9.78 Å². The smallest absolute Gasteiger partial charge is 0.252 e. The lowest BCUT2D eigenvalue weighted by Crippen LogP contribution is -2.45. The first-order valence-corrected chi connectivity index (χ1v) is 7.77. The molecule has 0 saturated heterocycles. The van der Waals surface area contributed by atoms with Crippen LogP contribution in [-0.2, 0) is 0 Å². The van der Waals surface area contributed by atoms with E-state index in [1.807, 2.05) is 44.2 Å². The van der Waals surface area contributed by atoms with Crippen LogP contribution in [0.1, 0.15) is 42.7 Å². The second-order valence-electron chi connectivity index (χ2n) is 5.64. The number of para-hydroxylation sites is 1. The third kappa shape index (κ3) is 3.53. The van der Waals surface area contributed by atoms with Crippen molar-refractivity contribution in [3.8, 4) is 0 Å². The predicted molar refractivity (Wildman–Crippen MR) is 88.0 cm³/mol. The molecule has 0 fully saturated rings. The van der Waals surface area contributed by atoms with E-state index in [1.165, 1.54) is 0 Å². The Bertz CT molecular complexity index is 656. The Kier molecular flexibility index (Phi) is 4.84. The lowest BCUT2D eigenvalue weighted by molar-refractivity contribution is 0.0903. The summed E-state index contributed by atoms with van der Waals surface area (Å²) in [6.07, 6.45) is 1.59. The summed E-state index contributed by atoms with van der Waals surface area (Å²) < 4.78 is 0. The molecule has 2 rings (SSSR count). The standard InChI is InChI=1S/C17H21ClN2O/c1-4-17(3,9-10-18)20-16(21)14-11-12(2)19-15-8-6-5-7-13(14)15/h5-8,11H,4,9-10H2,1-3H3,(H,20,21). The molecule has 1 atom stereocenters. The number of rotatable bonds is 5. The van der Waals surface area contributed by atoms with E-state index in [1.54, 1.807) is 0 Å². The zero-order chi connectivity index (χ0) is 15.5. The van der Waals surface area contributed by atoms with Gasteiger partial charge in [-0.15, -0.1) is 11.6 Å². The lowest BCUT2D eigenvalue weighted by atomic mass is 9.94. The quantitative estimate of drug-likeness (QED) is 0.846. The Hall–Kier alpha value is -1.61. The number of amides is 1. The lowest BCUT2D eigenvalue weighted by Gasteiger charge is -2.29. The van der Waals surface area contributed by atoms with Gasteiger partial charge in [0.1, 0.15) is 0 Å². The van der Waals surface area contributed by atoms with Gasteiger partial charge in [-0.25, -0.2) is 0 Å². The van der Waals surface area contributed by atoms with E-state index in [4.69, 9.17) is 11.6 Å². The number of pyridine rings is 1. The van der Waals surface area contributed by atoms with Crippen LogP contribution in [0, 0.1) is 6.92 Å². The number of hydrogen-bond donors (Lipinski definition) is 1. The van der Waals surface area contributed by atoms with Crippen LogP contribution in [0.5, 0.6) is 0 Å². The third-order valence-corrected chi connectivity index (χ3v) is 4.12. The van der Waals surface area contributed by atoms with Crippen LogP contribution in [0.3, 0.4) is 0 Å². The molecule has 1 heterocycles. The Balaban J connectivity index is 2.39. The Morgan fingerprint density at radius 1 is 1.38 bits per heavy atom. The second-order valence-corrected chi connectivity index (χ2v) is 6.01. The van der Waals surface area contributed by atoms with Crippen LogP contribution in [-0.4, -0.2) is 22.3 Å². The van der Waals surface area contributed by atoms with Gasteiger partial charge in [0, 0.05) is 22.5 Å². The molecular formula is C17H21ClN2O. The van der Waals surface area contributed by atoms with Crippen molar-refractivity contribution >= 4 is 28.4 Å². The van der Waals surface area contributed by atoms with Crippen LogP contribution >= 0.6 is 11.6 Å². The number of halogens is 1. The molecule has 0 aliphatic carbocycles. The number of hydrogen-bond acceptors (Lipinski definition) is 2. The first kappa shape index (κ1) is 15.8. The van der Waals surface area contributed by atoms with Gasteiger partial charge in [0.2, 0.25) is 0 Å². The molecule has 112 valence electrons. The van der Waals surface area contributed by atoms with Crippen molar-refractivity contribution in [2.45, 2.75) is 39.2 Å². The van der Waals surface area contributed by atoms with Crippen LogP contribution in [0.4, 0.5) is 0 Å². The van der Waals surface area contributed by atoms with Gasteiger partial charge in [-0.2, -0.15) is 0 Å². The maximum Gasteiger partial charge on any atom is 0.252 e. The van der Waals surface area contributed by atoms with Crippen LogP contribution in [0.25, 0.3) is 10.9 Å². The summed E-state index contributed by atoms with van der Waals surface area (Å²) in [6, 6.07) is 9.56. The van der Waals surface area contributed by atoms with Crippen LogP contribution in [0.2, 0.25) is 0 Å². The highest BCUT2D eigenvalue weighted by atomic mass is 35.5. The fourth-order valence-corrected chi connectivity index (χ4v) is 2.79. The molecule has 1 aromatic heterocycles. The van der Waals surface area contributed by atoms with Crippen molar-refractivity contribution in [3.63, 3.8) is 0 Å². The Labute approximate surface area is 130 Å². The van der Waals surface area contributed by atoms with Crippen molar-refractivity contribution in [1.82, 2.24) is 10.3 Å². The van der Waals surface area contributed by atoms with Gasteiger partial charge in [0.05, 0.1) is 11.1 Å². The first-order valence-electron chi connectivity index (χ1n) is 7.24. The normalized spacial score (nSPS) is 13.9. The molecule has 0 aliphatic rings. The van der Waals surface area contributed by atoms with Crippen molar-refractivity contribution in [1.29, 1.82) is 0 Å². The van der Waals surface area contributed by atoms with Gasteiger partial charge < -0.3 is 5.32 Å².